The molecular formula is C29H29N3O2. The number of aliphatic hydroxyl groups is 1. The monoisotopic (exact) mass is 451 g/mol. The molecule has 0 aliphatic rings. The molecule has 0 bridgehead atoms. The number of amides is 1. The van der Waals surface area contributed by atoms with Crippen LogP contribution in [0.25, 0.3) is 5.69 Å². The summed E-state index contributed by atoms with van der Waals surface area (Å²) in [5.41, 5.74) is 8.14. The van der Waals surface area contributed by atoms with Gasteiger partial charge in [0.05, 0.1) is 6.21 Å². The van der Waals surface area contributed by atoms with E-state index in [0.717, 1.165) is 22.6 Å². The fourth-order valence-electron chi connectivity index (χ4n) is 4.37. The average molecular weight is 452 g/mol. The zero-order valence-electron chi connectivity index (χ0n) is 19.9. The molecule has 3 aromatic carbocycles. The first kappa shape index (κ1) is 23.2. The molecule has 5 heteroatoms. The first-order chi connectivity index (χ1) is 16.3. The average Bonchev–Trinajstić information content (AvgIpc) is 3.12. The van der Waals surface area contributed by atoms with Crippen molar-refractivity contribution in [1.29, 1.82) is 0 Å². The number of hydrazone groups is 1. The molecule has 0 spiro atoms. The fourth-order valence-corrected chi connectivity index (χ4v) is 4.37. The fraction of sp³-hybridized carbons (Fsp3) is 0.172. The molecule has 0 fully saturated rings. The van der Waals surface area contributed by atoms with Gasteiger partial charge in [0.25, 0.3) is 5.91 Å². The number of aromatic nitrogens is 1. The van der Waals surface area contributed by atoms with Crippen molar-refractivity contribution in [1.82, 2.24) is 9.99 Å². The SMILES string of the molecule is Cc1ccc(-n2c(C)cc(/C=N/NC(=O)C(O)(c3ccccc3)c3ccccc3)c2C)c(C)c1. The molecule has 4 aromatic rings. The molecule has 4 rings (SSSR count). The summed E-state index contributed by atoms with van der Waals surface area (Å²) in [5, 5.41) is 15.7. The van der Waals surface area contributed by atoms with E-state index in [9.17, 15) is 9.90 Å². The molecule has 0 saturated carbocycles. The lowest BCUT2D eigenvalue weighted by molar-refractivity contribution is -0.136. The molecule has 0 atom stereocenters. The van der Waals surface area contributed by atoms with Crippen LogP contribution in [0.15, 0.2) is 90.0 Å². The van der Waals surface area contributed by atoms with Crippen molar-refractivity contribution in [2.75, 3.05) is 0 Å². The van der Waals surface area contributed by atoms with Crippen molar-refractivity contribution in [3.05, 3.63) is 124 Å². The molecule has 2 N–H and O–H groups in total. The Kier molecular flexibility index (Phi) is 6.48. The van der Waals surface area contributed by atoms with E-state index in [0.29, 0.717) is 11.1 Å². The molecular weight excluding hydrogens is 422 g/mol. The summed E-state index contributed by atoms with van der Waals surface area (Å²) in [6, 6.07) is 26.2. The molecule has 0 aliphatic heterocycles. The Bertz CT molecular complexity index is 1300. The summed E-state index contributed by atoms with van der Waals surface area (Å²) in [7, 11) is 0. The summed E-state index contributed by atoms with van der Waals surface area (Å²) in [4.78, 5) is 13.2. The molecule has 172 valence electrons. The van der Waals surface area contributed by atoms with Gasteiger partial charge in [-0.05, 0) is 56.5 Å². The quantitative estimate of drug-likeness (QED) is 0.316. The molecule has 1 amide bonds. The number of nitrogens with one attached hydrogen (secondary N) is 1. The van der Waals surface area contributed by atoms with Gasteiger partial charge in [-0.25, -0.2) is 5.43 Å². The predicted molar refractivity (Wildman–Crippen MR) is 136 cm³/mol. The standard InChI is InChI=1S/C29H29N3O2/c1-20-15-16-27(21(2)17-20)32-22(3)18-24(23(32)4)19-30-31-28(33)29(34,25-11-7-5-8-12-25)26-13-9-6-10-14-26/h5-19,34H,1-4H3,(H,31,33)/b30-19+. The highest BCUT2D eigenvalue weighted by molar-refractivity contribution is 5.91. The number of benzene rings is 3. The molecule has 34 heavy (non-hydrogen) atoms. The zero-order chi connectivity index (χ0) is 24.3. The van der Waals surface area contributed by atoms with Crippen LogP contribution in [-0.2, 0) is 10.4 Å². The van der Waals surface area contributed by atoms with E-state index in [-0.39, 0.29) is 0 Å². The Hall–Kier alpha value is -3.96. The lowest BCUT2D eigenvalue weighted by atomic mass is 9.85. The Labute approximate surface area is 200 Å². The predicted octanol–water partition coefficient (Wildman–Crippen LogP) is 5.10. The summed E-state index contributed by atoms with van der Waals surface area (Å²) >= 11 is 0. The molecule has 0 saturated heterocycles. The van der Waals surface area contributed by atoms with Gasteiger partial charge in [0.1, 0.15) is 0 Å². The number of hydrogen-bond acceptors (Lipinski definition) is 3. The van der Waals surface area contributed by atoms with Crippen LogP contribution < -0.4 is 5.43 Å². The highest BCUT2D eigenvalue weighted by atomic mass is 16.3. The third-order valence-corrected chi connectivity index (χ3v) is 6.14. The van der Waals surface area contributed by atoms with Crippen LogP contribution in [-0.4, -0.2) is 21.8 Å². The second-order valence-corrected chi connectivity index (χ2v) is 8.59. The van der Waals surface area contributed by atoms with Gasteiger partial charge in [0.15, 0.2) is 5.60 Å². The lowest BCUT2D eigenvalue weighted by Crippen LogP contribution is -2.43. The van der Waals surface area contributed by atoms with Crippen molar-refractivity contribution < 1.29 is 9.90 Å². The minimum Gasteiger partial charge on any atom is -0.372 e. The molecule has 0 radical (unpaired) electrons. The zero-order valence-corrected chi connectivity index (χ0v) is 19.9. The maximum atomic E-state index is 13.2. The second kappa shape index (κ2) is 9.49. The third kappa shape index (κ3) is 4.30. The van der Waals surface area contributed by atoms with Crippen molar-refractivity contribution in [3.63, 3.8) is 0 Å². The van der Waals surface area contributed by atoms with Crippen LogP contribution in [0.4, 0.5) is 0 Å². The van der Waals surface area contributed by atoms with Crippen molar-refractivity contribution >= 4 is 12.1 Å². The Balaban J connectivity index is 1.62. The normalized spacial score (nSPS) is 11.7. The molecule has 0 unspecified atom stereocenters. The van der Waals surface area contributed by atoms with E-state index in [2.05, 4.69) is 47.1 Å². The summed E-state index contributed by atoms with van der Waals surface area (Å²) < 4.78 is 2.18. The van der Waals surface area contributed by atoms with Gasteiger partial charge in [-0.15, -0.1) is 0 Å². The Morgan fingerprint density at radius 3 is 2.03 bits per heavy atom. The molecule has 1 aromatic heterocycles. The van der Waals surface area contributed by atoms with Crippen LogP contribution in [0, 0.1) is 27.7 Å². The van der Waals surface area contributed by atoms with E-state index in [4.69, 9.17) is 0 Å². The van der Waals surface area contributed by atoms with Crippen LogP contribution in [0.3, 0.4) is 0 Å². The van der Waals surface area contributed by atoms with E-state index in [1.165, 1.54) is 11.1 Å². The largest absolute Gasteiger partial charge is 0.372 e. The van der Waals surface area contributed by atoms with Crippen molar-refractivity contribution in [3.8, 4) is 5.69 Å². The summed E-state index contributed by atoms with van der Waals surface area (Å²) in [6.45, 7) is 8.26. The van der Waals surface area contributed by atoms with Crippen molar-refractivity contribution in [2.24, 2.45) is 5.10 Å². The number of rotatable bonds is 6. The minimum absolute atomic E-state index is 0.474. The number of carbonyl (C=O) groups is 1. The number of aryl methyl sites for hydroxylation is 3. The first-order valence-electron chi connectivity index (χ1n) is 11.3. The Morgan fingerprint density at radius 1 is 0.882 bits per heavy atom. The topological polar surface area (TPSA) is 66.6 Å². The lowest BCUT2D eigenvalue weighted by Gasteiger charge is -2.27. The third-order valence-electron chi connectivity index (χ3n) is 6.14. The number of hydrogen-bond donors (Lipinski definition) is 2. The van der Waals surface area contributed by atoms with E-state index < -0.39 is 11.5 Å². The highest BCUT2D eigenvalue weighted by Crippen LogP contribution is 2.30. The van der Waals surface area contributed by atoms with Gasteiger partial charge in [-0.1, -0.05) is 78.4 Å². The molecule has 0 aliphatic carbocycles. The number of carbonyl (C=O) groups excluding carboxylic acids is 1. The van der Waals surface area contributed by atoms with Crippen molar-refractivity contribution in [2.45, 2.75) is 33.3 Å². The highest BCUT2D eigenvalue weighted by Gasteiger charge is 2.39. The van der Waals surface area contributed by atoms with Crippen LogP contribution in [0.2, 0.25) is 0 Å². The van der Waals surface area contributed by atoms with E-state index in [1.807, 2.05) is 32.0 Å². The minimum atomic E-state index is -1.87. The maximum Gasteiger partial charge on any atom is 0.281 e. The smallest absolute Gasteiger partial charge is 0.281 e. The molecule has 5 nitrogen and oxygen atoms in total. The van der Waals surface area contributed by atoms with Gasteiger partial charge in [0.2, 0.25) is 0 Å². The summed E-state index contributed by atoms with van der Waals surface area (Å²) in [6.07, 6.45) is 1.62. The van der Waals surface area contributed by atoms with E-state index >= 15 is 0 Å². The Morgan fingerprint density at radius 2 is 1.47 bits per heavy atom. The van der Waals surface area contributed by atoms with Gasteiger partial charge in [-0.3, -0.25) is 4.79 Å². The van der Waals surface area contributed by atoms with Gasteiger partial charge >= 0.3 is 0 Å². The number of nitrogens with zero attached hydrogens (tertiary/aromatic N) is 2. The maximum absolute atomic E-state index is 13.2. The van der Waals surface area contributed by atoms with E-state index in [1.54, 1.807) is 54.7 Å². The van der Waals surface area contributed by atoms with Gasteiger partial charge in [0, 0.05) is 22.6 Å². The molecule has 1 heterocycles. The van der Waals surface area contributed by atoms with Crippen LogP contribution in [0.5, 0.6) is 0 Å². The summed E-state index contributed by atoms with van der Waals surface area (Å²) in [5.74, 6) is -0.621. The second-order valence-electron chi connectivity index (χ2n) is 8.59. The first-order valence-corrected chi connectivity index (χ1v) is 11.3. The van der Waals surface area contributed by atoms with Gasteiger partial charge < -0.3 is 9.67 Å². The van der Waals surface area contributed by atoms with Crippen LogP contribution in [0.1, 0.15) is 39.2 Å². The van der Waals surface area contributed by atoms with Gasteiger partial charge in [-0.2, -0.15) is 5.10 Å². The van der Waals surface area contributed by atoms with Crippen LogP contribution >= 0.6 is 0 Å².